The molecule has 0 unspecified atom stereocenters. The van der Waals surface area contributed by atoms with Gasteiger partial charge in [-0.05, 0) is 24.3 Å². The van der Waals surface area contributed by atoms with Gasteiger partial charge in [-0.1, -0.05) is 23.2 Å². The maximum absolute atomic E-state index is 12.2. The van der Waals surface area contributed by atoms with E-state index in [1.807, 2.05) is 0 Å². The Hall–Kier alpha value is -2.64. The van der Waals surface area contributed by atoms with Gasteiger partial charge >= 0.3 is 0 Å². The van der Waals surface area contributed by atoms with Gasteiger partial charge in [0.1, 0.15) is 0 Å². The fraction of sp³-hybridized carbons (Fsp3) is 0. The summed E-state index contributed by atoms with van der Waals surface area (Å²) in [4.78, 5) is 26.5. The number of hydrogen-bond donors (Lipinski definition) is 1. The fourth-order valence-electron chi connectivity index (χ4n) is 2.13. The quantitative estimate of drug-likeness (QED) is 0.432. The fourth-order valence-corrected chi connectivity index (χ4v) is 2.66. The van der Waals surface area contributed by atoms with Crippen LogP contribution in [0.4, 0.5) is 5.69 Å². The SMILES string of the molecule is O=c1c2cc(Cl)cc(Cl)c2nc(-c2ccc([N+](=O)[O-])cc2)n1O. The zero-order valence-corrected chi connectivity index (χ0v) is 12.7. The van der Waals surface area contributed by atoms with Gasteiger partial charge in [0.2, 0.25) is 0 Å². The minimum atomic E-state index is -0.743. The largest absolute Gasteiger partial charge is 0.423 e. The summed E-state index contributed by atoms with van der Waals surface area (Å²) in [6.45, 7) is 0. The van der Waals surface area contributed by atoms with E-state index in [-0.39, 0.29) is 32.5 Å². The molecule has 0 saturated heterocycles. The molecule has 0 aliphatic heterocycles. The normalized spacial score (nSPS) is 10.9. The van der Waals surface area contributed by atoms with Crippen LogP contribution in [0.25, 0.3) is 22.3 Å². The third-order valence-corrected chi connectivity index (χ3v) is 3.71. The summed E-state index contributed by atoms with van der Waals surface area (Å²) in [7, 11) is 0. The summed E-state index contributed by atoms with van der Waals surface area (Å²) in [5.41, 5.74) is -0.359. The lowest BCUT2D eigenvalue weighted by Gasteiger charge is -2.09. The van der Waals surface area contributed by atoms with E-state index in [9.17, 15) is 20.1 Å². The average molecular weight is 352 g/mol. The highest BCUT2D eigenvalue weighted by molar-refractivity contribution is 6.38. The molecule has 0 aliphatic carbocycles. The van der Waals surface area contributed by atoms with Crippen molar-refractivity contribution in [2.45, 2.75) is 0 Å². The lowest BCUT2D eigenvalue weighted by atomic mass is 10.1. The summed E-state index contributed by atoms with van der Waals surface area (Å²) in [5.74, 6) is -0.0818. The van der Waals surface area contributed by atoms with E-state index in [2.05, 4.69) is 4.98 Å². The van der Waals surface area contributed by atoms with Crippen molar-refractivity contribution in [2.24, 2.45) is 0 Å². The molecule has 23 heavy (non-hydrogen) atoms. The minimum absolute atomic E-state index is 0.0654. The van der Waals surface area contributed by atoms with Crippen LogP contribution in [-0.2, 0) is 0 Å². The maximum atomic E-state index is 12.2. The van der Waals surface area contributed by atoms with Gasteiger partial charge in [0.25, 0.3) is 11.2 Å². The lowest BCUT2D eigenvalue weighted by Crippen LogP contribution is -2.21. The molecule has 7 nitrogen and oxygen atoms in total. The summed E-state index contributed by atoms with van der Waals surface area (Å²) < 4.78 is 0.357. The second kappa shape index (κ2) is 5.53. The number of non-ortho nitro benzene ring substituents is 1. The highest BCUT2D eigenvalue weighted by Crippen LogP contribution is 2.27. The molecule has 0 radical (unpaired) electrons. The Morgan fingerprint density at radius 2 is 1.83 bits per heavy atom. The number of rotatable bonds is 2. The van der Waals surface area contributed by atoms with Gasteiger partial charge in [0.15, 0.2) is 5.82 Å². The van der Waals surface area contributed by atoms with Gasteiger partial charge in [-0.15, -0.1) is 4.73 Å². The first-order chi connectivity index (χ1) is 10.9. The molecule has 0 aliphatic rings. The molecule has 0 atom stereocenters. The first kappa shape index (κ1) is 15.3. The molecule has 0 spiro atoms. The van der Waals surface area contributed by atoms with E-state index in [1.165, 1.54) is 36.4 Å². The third kappa shape index (κ3) is 2.60. The number of nitrogens with zero attached hydrogens (tertiary/aromatic N) is 3. The van der Waals surface area contributed by atoms with Crippen molar-refractivity contribution in [3.05, 3.63) is 66.9 Å². The summed E-state index contributed by atoms with van der Waals surface area (Å²) >= 11 is 11.9. The molecule has 2 aromatic carbocycles. The smallest absolute Gasteiger partial charge is 0.294 e. The number of halogens is 2. The maximum Gasteiger partial charge on any atom is 0.294 e. The molecule has 3 aromatic rings. The molecule has 1 N–H and O–H groups in total. The van der Waals surface area contributed by atoms with Gasteiger partial charge in [0, 0.05) is 22.7 Å². The standard InChI is InChI=1S/C14H7Cl2N3O4/c15-8-5-10-12(11(16)6-8)17-13(18(21)14(10)20)7-1-3-9(4-2-7)19(22)23/h1-6,21H. The number of fused-ring (bicyclic) bond motifs is 1. The third-order valence-electron chi connectivity index (χ3n) is 3.21. The Bertz CT molecular complexity index is 1000. The Morgan fingerprint density at radius 3 is 2.43 bits per heavy atom. The number of hydrogen-bond acceptors (Lipinski definition) is 5. The predicted octanol–water partition coefficient (Wildman–Crippen LogP) is 3.52. The number of benzene rings is 2. The van der Waals surface area contributed by atoms with Crippen molar-refractivity contribution in [1.82, 2.24) is 9.71 Å². The van der Waals surface area contributed by atoms with Crippen molar-refractivity contribution in [2.75, 3.05) is 0 Å². The number of nitro benzene ring substituents is 1. The van der Waals surface area contributed by atoms with E-state index in [0.717, 1.165) is 0 Å². The summed E-state index contributed by atoms with van der Waals surface area (Å²) in [5, 5.41) is 21.2. The van der Waals surface area contributed by atoms with Gasteiger partial charge < -0.3 is 5.21 Å². The van der Waals surface area contributed by atoms with Crippen LogP contribution in [0.5, 0.6) is 0 Å². The second-order valence-electron chi connectivity index (χ2n) is 4.64. The van der Waals surface area contributed by atoms with Crippen LogP contribution in [-0.4, -0.2) is 19.8 Å². The van der Waals surface area contributed by atoms with Crippen molar-refractivity contribution in [3.8, 4) is 11.4 Å². The molecular formula is C14H7Cl2N3O4. The van der Waals surface area contributed by atoms with Crippen LogP contribution in [0.1, 0.15) is 0 Å². The first-order valence-electron chi connectivity index (χ1n) is 6.24. The first-order valence-corrected chi connectivity index (χ1v) is 7.00. The zero-order chi connectivity index (χ0) is 16.7. The molecular weight excluding hydrogens is 345 g/mol. The van der Waals surface area contributed by atoms with Crippen LogP contribution in [0.2, 0.25) is 10.0 Å². The molecule has 116 valence electrons. The molecule has 1 heterocycles. The molecule has 0 fully saturated rings. The molecule has 9 heteroatoms. The van der Waals surface area contributed by atoms with Crippen LogP contribution in [0.15, 0.2) is 41.2 Å². The van der Waals surface area contributed by atoms with Crippen LogP contribution in [0, 0.1) is 10.1 Å². The van der Waals surface area contributed by atoms with E-state index in [0.29, 0.717) is 10.3 Å². The van der Waals surface area contributed by atoms with Crippen molar-refractivity contribution < 1.29 is 10.1 Å². The Kier molecular flexibility index (Phi) is 3.67. The van der Waals surface area contributed by atoms with Crippen LogP contribution < -0.4 is 5.56 Å². The molecule has 1 aromatic heterocycles. The average Bonchev–Trinajstić information content (AvgIpc) is 2.51. The van der Waals surface area contributed by atoms with Gasteiger partial charge in [-0.25, -0.2) is 4.98 Å². The zero-order valence-electron chi connectivity index (χ0n) is 11.2. The van der Waals surface area contributed by atoms with Gasteiger partial charge in [-0.2, -0.15) is 0 Å². The van der Waals surface area contributed by atoms with E-state index in [4.69, 9.17) is 23.2 Å². The summed E-state index contributed by atoms with van der Waals surface area (Å²) in [6, 6.07) is 8.03. The molecule has 3 rings (SSSR count). The summed E-state index contributed by atoms with van der Waals surface area (Å²) in [6.07, 6.45) is 0. The molecule has 0 amide bonds. The lowest BCUT2D eigenvalue weighted by molar-refractivity contribution is -0.384. The van der Waals surface area contributed by atoms with Crippen molar-refractivity contribution in [1.29, 1.82) is 0 Å². The Morgan fingerprint density at radius 1 is 1.17 bits per heavy atom. The minimum Gasteiger partial charge on any atom is -0.423 e. The Balaban J connectivity index is 2.28. The highest BCUT2D eigenvalue weighted by atomic mass is 35.5. The van der Waals surface area contributed by atoms with E-state index < -0.39 is 10.5 Å². The van der Waals surface area contributed by atoms with Crippen LogP contribution >= 0.6 is 23.2 Å². The van der Waals surface area contributed by atoms with Gasteiger partial charge in [0.05, 0.1) is 20.8 Å². The van der Waals surface area contributed by atoms with Crippen molar-refractivity contribution >= 4 is 39.8 Å². The van der Waals surface area contributed by atoms with Crippen LogP contribution in [0.3, 0.4) is 0 Å². The van der Waals surface area contributed by atoms with Gasteiger partial charge in [-0.3, -0.25) is 14.9 Å². The highest BCUT2D eigenvalue weighted by Gasteiger charge is 2.16. The molecule has 0 saturated carbocycles. The number of aromatic nitrogens is 2. The molecule has 0 bridgehead atoms. The number of nitro groups is 1. The second-order valence-corrected chi connectivity index (χ2v) is 5.48. The van der Waals surface area contributed by atoms with Crippen molar-refractivity contribution in [3.63, 3.8) is 0 Å². The van der Waals surface area contributed by atoms with E-state index >= 15 is 0 Å². The van der Waals surface area contributed by atoms with E-state index in [1.54, 1.807) is 0 Å². The monoisotopic (exact) mass is 351 g/mol. The predicted molar refractivity (Wildman–Crippen MR) is 85.3 cm³/mol. The Labute approximate surface area is 138 Å². The topological polar surface area (TPSA) is 98.3 Å².